The summed E-state index contributed by atoms with van der Waals surface area (Å²) in [5, 5.41) is 2.38. The van der Waals surface area contributed by atoms with Gasteiger partial charge in [0.25, 0.3) is 0 Å². The predicted octanol–water partition coefficient (Wildman–Crippen LogP) is 1.57. The molecule has 6 heteroatoms. The number of hydrogen-bond acceptors (Lipinski definition) is 2. The Balaban J connectivity index is 2.63. The van der Waals surface area contributed by atoms with E-state index in [1.807, 2.05) is 0 Å². The molecule has 0 spiro atoms. The maximum Gasteiger partial charge on any atom is 0.393 e. The lowest BCUT2D eigenvalue weighted by Crippen LogP contribution is -2.52. The summed E-state index contributed by atoms with van der Waals surface area (Å²) in [6.07, 6.45) is 2.35. The SMILES string of the molecule is C#CCC(N)C(=O)NC1CCCCC1C(F)(F)F. The fourth-order valence-electron chi connectivity index (χ4n) is 2.20. The van der Waals surface area contributed by atoms with Gasteiger partial charge in [-0.05, 0) is 12.8 Å². The number of nitrogens with two attached hydrogens (primary N) is 1. The zero-order chi connectivity index (χ0) is 13.8. The van der Waals surface area contributed by atoms with Crippen LogP contribution in [-0.2, 0) is 4.79 Å². The Morgan fingerprint density at radius 3 is 2.61 bits per heavy atom. The molecule has 1 aliphatic rings. The van der Waals surface area contributed by atoms with E-state index in [4.69, 9.17) is 12.2 Å². The van der Waals surface area contributed by atoms with Gasteiger partial charge in [0.05, 0.1) is 12.0 Å². The van der Waals surface area contributed by atoms with E-state index in [-0.39, 0.29) is 12.8 Å². The Morgan fingerprint density at radius 1 is 1.44 bits per heavy atom. The summed E-state index contributed by atoms with van der Waals surface area (Å²) in [5.41, 5.74) is 5.46. The number of hydrogen-bond donors (Lipinski definition) is 2. The van der Waals surface area contributed by atoms with Gasteiger partial charge in [0.2, 0.25) is 5.91 Å². The summed E-state index contributed by atoms with van der Waals surface area (Å²) in [6, 6.07) is -1.82. The molecule has 1 aliphatic carbocycles. The van der Waals surface area contributed by atoms with Crippen LogP contribution in [0.2, 0.25) is 0 Å². The highest BCUT2D eigenvalue weighted by Gasteiger charge is 2.46. The molecule has 0 aromatic carbocycles. The second-order valence-corrected chi connectivity index (χ2v) is 4.56. The lowest BCUT2D eigenvalue weighted by atomic mass is 9.84. The quantitative estimate of drug-likeness (QED) is 0.759. The monoisotopic (exact) mass is 262 g/mol. The maximum absolute atomic E-state index is 12.8. The van der Waals surface area contributed by atoms with E-state index >= 15 is 0 Å². The van der Waals surface area contributed by atoms with Gasteiger partial charge >= 0.3 is 6.18 Å². The zero-order valence-electron chi connectivity index (χ0n) is 9.96. The molecule has 3 nitrogen and oxygen atoms in total. The second-order valence-electron chi connectivity index (χ2n) is 4.56. The highest BCUT2D eigenvalue weighted by atomic mass is 19.4. The number of carbonyl (C=O) groups is 1. The molecule has 3 N–H and O–H groups in total. The Morgan fingerprint density at radius 2 is 2.06 bits per heavy atom. The molecule has 0 saturated heterocycles. The summed E-state index contributed by atoms with van der Waals surface area (Å²) in [6.45, 7) is 0. The van der Waals surface area contributed by atoms with Crippen LogP contribution in [0.4, 0.5) is 13.2 Å². The average molecular weight is 262 g/mol. The third kappa shape index (κ3) is 3.91. The molecule has 0 aromatic heterocycles. The molecule has 3 atom stereocenters. The number of halogens is 3. The van der Waals surface area contributed by atoms with E-state index in [1.165, 1.54) is 0 Å². The van der Waals surface area contributed by atoms with Crippen LogP contribution in [0.15, 0.2) is 0 Å². The number of terminal acetylenes is 1. The molecular formula is C12H17F3N2O. The Bertz CT molecular complexity index is 335. The number of alkyl halides is 3. The molecular weight excluding hydrogens is 245 g/mol. The van der Waals surface area contributed by atoms with E-state index in [0.717, 1.165) is 0 Å². The topological polar surface area (TPSA) is 55.1 Å². The van der Waals surface area contributed by atoms with Crippen molar-refractivity contribution in [3.8, 4) is 12.3 Å². The molecule has 1 rings (SSSR count). The van der Waals surface area contributed by atoms with Gasteiger partial charge in [-0.1, -0.05) is 12.8 Å². The fraction of sp³-hybridized carbons (Fsp3) is 0.750. The molecule has 3 unspecified atom stereocenters. The summed E-state index contributed by atoms with van der Waals surface area (Å²) in [5.74, 6) is 0.138. The van der Waals surface area contributed by atoms with Crippen molar-refractivity contribution in [1.82, 2.24) is 5.32 Å². The first kappa shape index (κ1) is 14.8. The van der Waals surface area contributed by atoms with Gasteiger partial charge in [-0.15, -0.1) is 12.3 Å². The van der Waals surface area contributed by atoms with Gasteiger partial charge in [0, 0.05) is 12.5 Å². The third-order valence-electron chi connectivity index (χ3n) is 3.19. The molecule has 0 heterocycles. The third-order valence-corrected chi connectivity index (χ3v) is 3.19. The number of amides is 1. The minimum Gasteiger partial charge on any atom is -0.351 e. The average Bonchev–Trinajstić information content (AvgIpc) is 2.28. The van der Waals surface area contributed by atoms with Crippen molar-refractivity contribution in [2.75, 3.05) is 0 Å². The first-order valence-electron chi connectivity index (χ1n) is 5.92. The molecule has 1 saturated carbocycles. The van der Waals surface area contributed by atoms with E-state index in [1.54, 1.807) is 0 Å². The van der Waals surface area contributed by atoms with Crippen LogP contribution in [0.1, 0.15) is 32.1 Å². The van der Waals surface area contributed by atoms with E-state index < -0.39 is 30.1 Å². The standard InChI is InChI=1S/C12H17F3N2O/c1-2-5-9(16)11(18)17-10-7-4-3-6-8(10)12(13,14)15/h1,8-10H,3-7,16H2,(H,17,18). The first-order valence-corrected chi connectivity index (χ1v) is 5.92. The Hall–Kier alpha value is -1.22. The van der Waals surface area contributed by atoms with Crippen LogP contribution in [-0.4, -0.2) is 24.2 Å². The molecule has 0 radical (unpaired) electrons. The molecule has 1 amide bonds. The van der Waals surface area contributed by atoms with Crippen LogP contribution in [0.5, 0.6) is 0 Å². The van der Waals surface area contributed by atoms with Crippen molar-refractivity contribution >= 4 is 5.91 Å². The van der Waals surface area contributed by atoms with Gasteiger partial charge in [-0.3, -0.25) is 4.79 Å². The van der Waals surface area contributed by atoms with Gasteiger partial charge in [0.15, 0.2) is 0 Å². The summed E-state index contributed by atoms with van der Waals surface area (Å²) >= 11 is 0. The van der Waals surface area contributed by atoms with Gasteiger partial charge in [-0.25, -0.2) is 0 Å². The molecule has 102 valence electrons. The molecule has 0 aliphatic heterocycles. The van der Waals surface area contributed by atoms with Crippen molar-refractivity contribution in [3.05, 3.63) is 0 Å². The van der Waals surface area contributed by atoms with E-state index in [2.05, 4.69) is 11.2 Å². The van der Waals surface area contributed by atoms with E-state index in [0.29, 0.717) is 19.3 Å². The molecule has 1 fully saturated rings. The van der Waals surface area contributed by atoms with Gasteiger partial charge < -0.3 is 11.1 Å². The van der Waals surface area contributed by atoms with Crippen LogP contribution in [0.25, 0.3) is 0 Å². The van der Waals surface area contributed by atoms with Crippen LogP contribution in [0, 0.1) is 18.3 Å². The highest BCUT2D eigenvalue weighted by Crippen LogP contribution is 2.37. The fourth-order valence-corrected chi connectivity index (χ4v) is 2.20. The minimum absolute atomic E-state index is 0.0231. The summed E-state index contributed by atoms with van der Waals surface area (Å²) < 4.78 is 38.3. The maximum atomic E-state index is 12.8. The molecule has 0 aromatic rings. The van der Waals surface area contributed by atoms with Crippen molar-refractivity contribution in [2.45, 2.75) is 50.4 Å². The van der Waals surface area contributed by atoms with Gasteiger partial charge in [-0.2, -0.15) is 13.2 Å². The van der Waals surface area contributed by atoms with Crippen molar-refractivity contribution in [1.29, 1.82) is 0 Å². The largest absolute Gasteiger partial charge is 0.393 e. The smallest absolute Gasteiger partial charge is 0.351 e. The van der Waals surface area contributed by atoms with Gasteiger partial charge in [0.1, 0.15) is 0 Å². The summed E-state index contributed by atoms with van der Waals surface area (Å²) in [7, 11) is 0. The lowest BCUT2D eigenvalue weighted by Gasteiger charge is -2.34. The van der Waals surface area contributed by atoms with Crippen molar-refractivity contribution < 1.29 is 18.0 Å². The Kier molecular flexibility index (Phi) is 5.03. The normalized spacial score (nSPS) is 26.2. The number of rotatable bonds is 3. The zero-order valence-corrected chi connectivity index (χ0v) is 9.96. The lowest BCUT2D eigenvalue weighted by molar-refractivity contribution is -0.189. The van der Waals surface area contributed by atoms with Crippen LogP contribution < -0.4 is 11.1 Å². The minimum atomic E-state index is -4.28. The molecule has 0 bridgehead atoms. The highest BCUT2D eigenvalue weighted by molar-refractivity contribution is 5.82. The number of carbonyl (C=O) groups excluding carboxylic acids is 1. The van der Waals surface area contributed by atoms with Crippen molar-refractivity contribution in [2.24, 2.45) is 11.7 Å². The predicted molar refractivity (Wildman–Crippen MR) is 61.4 cm³/mol. The van der Waals surface area contributed by atoms with E-state index in [9.17, 15) is 18.0 Å². The first-order chi connectivity index (χ1) is 8.36. The van der Waals surface area contributed by atoms with Crippen LogP contribution in [0.3, 0.4) is 0 Å². The Labute approximate surface area is 104 Å². The van der Waals surface area contributed by atoms with Crippen LogP contribution >= 0.6 is 0 Å². The molecule has 18 heavy (non-hydrogen) atoms. The van der Waals surface area contributed by atoms with Crippen molar-refractivity contribution in [3.63, 3.8) is 0 Å². The second kappa shape index (κ2) is 6.10. The summed E-state index contributed by atoms with van der Waals surface area (Å²) in [4.78, 5) is 11.6. The number of nitrogens with one attached hydrogen (secondary N) is 1.